The molecule has 2 aromatic carbocycles. The van der Waals surface area contributed by atoms with Gasteiger partial charge in [-0.25, -0.2) is 0 Å². The topological polar surface area (TPSA) is 42.0 Å². The van der Waals surface area contributed by atoms with Crippen molar-refractivity contribution in [2.24, 2.45) is 0 Å². The smallest absolute Gasteiger partial charge is 0.255 e. The lowest BCUT2D eigenvalue weighted by molar-refractivity contribution is 0.102. The number of hydrogen-bond donors (Lipinski definition) is 1. The van der Waals surface area contributed by atoms with E-state index in [2.05, 4.69) is 10.3 Å². The van der Waals surface area contributed by atoms with Crippen molar-refractivity contribution in [3.63, 3.8) is 0 Å². The van der Waals surface area contributed by atoms with Gasteiger partial charge in [0.25, 0.3) is 5.91 Å². The largest absolute Gasteiger partial charge is 0.322 e. The van der Waals surface area contributed by atoms with Gasteiger partial charge in [0.1, 0.15) is 0 Å². The lowest BCUT2D eigenvalue weighted by Crippen LogP contribution is -2.13. The van der Waals surface area contributed by atoms with E-state index in [4.69, 9.17) is 0 Å². The molecule has 120 valence electrons. The summed E-state index contributed by atoms with van der Waals surface area (Å²) in [5.41, 5.74) is 6.76. The molecule has 3 aromatic rings. The second kappa shape index (κ2) is 6.67. The number of benzene rings is 2. The van der Waals surface area contributed by atoms with E-state index in [-0.39, 0.29) is 5.91 Å². The van der Waals surface area contributed by atoms with E-state index in [0.29, 0.717) is 5.56 Å². The summed E-state index contributed by atoms with van der Waals surface area (Å²) in [6.45, 7) is 5.91. The van der Waals surface area contributed by atoms with Gasteiger partial charge in [-0.1, -0.05) is 29.8 Å². The molecule has 0 saturated carbocycles. The molecule has 1 heterocycles. The number of hydrogen-bond acceptors (Lipinski definition) is 2. The van der Waals surface area contributed by atoms with Crippen molar-refractivity contribution in [3.05, 3.63) is 83.2 Å². The Morgan fingerprint density at radius 3 is 2.33 bits per heavy atom. The number of aromatic nitrogens is 1. The van der Waals surface area contributed by atoms with Gasteiger partial charge in [-0.2, -0.15) is 0 Å². The van der Waals surface area contributed by atoms with Crippen LogP contribution in [0.3, 0.4) is 0 Å². The minimum atomic E-state index is -0.0799. The minimum absolute atomic E-state index is 0.0799. The fourth-order valence-corrected chi connectivity index (χ4v) is 2.65. The molecule has 0 atom stereocenters. The predicted molar refractivity (Wildman–Crippen MR) is 98.3 cm³/mol. The van der Waals surface area contributed by atoms with Crippen molar-refractivity contribution in [2.75, 3.05) is 5.32 Å². The second-order valence-corrected chi connectivity index (χ2v) is 6.04. The number of carbonyl (C=O) groups is 1. The Morgan fingerprint density at radius 1 is 0.875 bits per heavy atom. The molecule has 0 aliphatic heterocycles. The normalized spacial score (nSPS) is 10.5. The zero-order valence-corrected chi connectivity index (χ0v) is 14.1. The summed E-state index contributed by atoms with van der Waals surface area (Å²) in [7, 11) is 0. The van der Waals surface area contributed by atoms with E-state index in [1.165, 1.54) is 0 Å². The number of nitrogens with zero attached hydrogens (tertiary/aromatic N) is 1. The second-order valence-electron chi connectivity index (χ2n) is 6.04. The quantitative estimate of drug-likeness (QED) is 0.744. The summed E-state index contributed by atoms with van der Waals surface area (Å²) in [6.07, 6.45) is 1.81. The van der Waals surface area contributed by atoms with Gasteiger partial charge in [0.15, 0.2) is 0 Å². The molecule has 0 aliphatic rings. The van der Waals surface area contributed by atoms with Crippen LogP contribution in [0.2, 0.25) is 0 Å². The first kappa shape index (κ1) is 15.9. The summed E-state index contributed by atoms with van der Waals surface area (Å²) >= 11 is 0. The molecule has 3 nitrogen and oxygen atoms in total. The molecule has 1 N–H and O–H groups in total. The molecule has 3 heteroatoms. The number of anilines is 1. The van der Waals surface area contributed by atoms with Crippen LogP contribution in [0, 0.1) is 20.8 Å². The Balaban J connectivity index is 1.79. The van der Waals surface area contributed by atoms with Crippen LogP contribution >= 0.6 is 0 Å². The highest BCUT2D eigenvalue weighted by Gasteiger charge is 2.09. The third-order valence-electron chi connectivity index (χ3n) is 4.01. The van der Waals surface area contributed by atoms with Crippen LogP contribution in [0.1, 0.15) is 27.2 Å². The van der Waals surface area contributed by atoms with Crippen molar-refractivity contribution >= 4 is 11.6 Å². The first-order valence-corrected chi connectivity index (χ1v) is 7.94. The Morgan fingerprint density at radius 2 is 1.62 bits per heavy atom. The summed E-state index contributed by atoms with van der Waals surface area (Å²) in [5.74, 6) is -0.0799. The molecule has 0 saturated heterocycles. The Bertz CT molecular complexity index is 883. The van der Waals surface area contributed by atoms with Gasteiger partial charge >= 0.3 is 0 Å². The fourth-order valence-electron chi connectivity index (χ4n) is 2.65. The van der Waals surface area contributed by atoms with Gasteiger partial charge in [-0.05, 0) is 67.8 Å². The SMILES string of the molecule is Cc1ccc(C)c(C(=O)Nc2ccc(-c3ccnc(C)c3)cc2)c1. The van der Waals surface area contributed by atoms with Crippen LogP contribution in [-0.4, -0.2) is 10.9 Å². The molecule has 0 aliphatic carbocycles. The highest BCUT2D eigenvalue weighted by atomic mass is 16.1. The number of aryl methyl sites for hydroxylation is 3. The number of nitrogens with one attached hydrogen (secondary N) is 1. The van der Waals surface area contributed by atoms with Gasteiger partial charge in [-0.3, -0.25) is 9.78 Å². The van der Waals surface area contributed by atoms with Crippen LogP contribution in [-0.2, 0) is 0 Å². The van der Waals surface area contributed by atoms with Crippen LogP contribution in [0.25, 0.3) is 11.1 Å². The number of amides is 1. The zero-order chi connectivity index (χ0) is 17.1. The van der Waals surface area contributed by atoms with Crippen molar-refractivity contribution in [3.8, 4) is 11.1 Å². The lowest BCUT2D eigenvalue weighted by Gasteiger charge is -2.09. The third-order valence-corrected chi connectivity index (χ3v) is 4.01. The molecule has 0 radical (unpaired) electrons. The fraction of sp³-hybridized carbons (Fsp3) is 0.143. The van der Waals surface area contributed by atoms with Crippen molar-refractivity contribution in [1.29, 1.82) is 0 Å². The van der Waals surface area contributed by atoms with Gasteiger partial charge in [-0.15, -0.1) is 0 Å². The van der Waals surface area contributed by atoms with Crippen molar-refractivity contribution < 1.29 is 4.79 Å². The van der Waals surface area contributed by atoms with E-state index in [9.17, 15) is 4.79 Å². The van der Waals surface area contributed by atoms with Gasteiger partial charge in [0, 0.05) is 23.1 Å². The maximum Gasteiger partial charge on any atom is 0.255 e. The molecule has 0 bridgehead atoms. The van der Waals surface area contributed by atoms with E-state index >= 15 is 0 Å². The summed E-state index contributed by atoms with van der Waals surface area (Å²) in [4.78, 5) is 16.7. The van der Waals surface area contributed by atoms with E-state index in [1.54, 1.807) is 6.20 Å². The molecular formula is C21H20N2O. The lowest BCUT2D eigenvalue weighted by atomic mass is 10.0. The van der Waals surface area contributed by atoms with Crippen LogP contribution in [0.4, 0.5) is 5.69 Å². The van der Waals surface area contributed by atoms with Gasteiger partial charge in [0.05, 0.1) is 0 Å². The number of pyridine rings is 1. The molecule has 0 unspecified atom stereocenters. The predicted octanol–water partition coefficient (Wildman–Crippen LogP) is 4.93. The number of rotatable bonds is 3. The van der Waals surface area contributed by atoms with E-state index in [1.807, 2.05) is 75.4 Å². The highest BCUT2D eigenvalue weighted by Crippen LogP contribution is 2.22. The maximum atomic E-state index is 12.5. The third kappa shape index (κ3) is 3.51. The van der Waals surface area contributed by atoms with Crippen molar-refractivity contribution in [1.82, 2.24) is 4.98 Å². The zero-order valence-electron chi connectivity index (χ0n) is 14.1. The monoisotopic (exact) mass is 316 g/mol. The number of carbonyl (C=O) groups excluding carboxylic acids is 1. The molecule has 1 amide bonds. The maximum absolute atomic E-state index is 12.5. The minimum Gasteiger partial charge on any atom is -0.322 e. The summed E-state index contributed by atoms with van der Waals surface area (Å²) < 4.78 is 0. The highest BCUT2D eigenvalue weighted by molar-refractivity contribution is 6.05. The Kier molecular flexibility index (Phi) is 4.43. The van der Waals surface area contributed by atoms with Crippen molar-refractivity contribution in [2.45, 2.75) is 20.8 Å². The summed E-state index contributed by atoms with van der Waals surface area (Å²) in [6, 6.07) is 17.8. The molecule has 24 heavy (non-hydrogen) atoms. The van der Waals surface area contributed by atoms with E-state index in [0.717, 1.165) is 33.6 Å². The van der Waals surface area contributed by atoms with Gasteiger partial charge in [0.2, 0.25) is 0 Å². The molecule has 3 rings (SSSR count). The van der Waals surface area contributed by atoms with Crippen LogP contribution in [0.5, 0.6) is 0 Å². The first-order valence-electron chi connectivity index (χ1n) is 7.94. The Hall–Kier alpha value is -2.94. The molecule has 0 spiro atoms. The first-order chi connectivity index (χ1) is 11.5. The van der Waals surface area contributed by atoms with Crippen LogP contribution in [0.15, 0.2) is 60.8 Å². The van der Waals surface area contributed by atoms with E-state index < -0.39 is 0 Å². The van der Waals surface area contributed by atoms with Gasteiger partial charge < -0.3 is 5.32 Å². The molecular weight excluding hydrogens is 296 g/mol. The standard InChI is InChI=1S/C21H20N2O/c1-14-4-5-15(2)20(12-14)21(24)23-19-8-6-17(7-9-19)18-10-11-22-16(3)13-18/h4-13H,1-3H3,(H,23,24). The Labute approximate surface area is 142 Å². The van der Waals surface area contributed by atoms with Crippen LogP contribution < -0.4 is 5.32 Å². The summed E-state index contributed by atoms with van der Waals surface area (Å²) in [5, 5.41) is 2.97. The molecule has 1 aromatic heterocycles. The average Bonchev–Trinajstić information content (AvgIpc) is 2.57. The average molecular weight is 316 g/mol. The molecule has 0 fully saturated rings.